The predicted octanol–water partition coefficient (Wildman–Crippen LogP) is 5.03. The Labute approximate surface area is 175 Å². The molecule has 0 radical (unpaired) electrons. The minimum absolute atomic E-state index is 0.0483. The van der Waals surface area contributed by atoms with Crippen LogP contribution >= 0.6 is 0 Å². The number of alkyl halides is 3. The number of para-hydroxylation sites is 1. The zero-order valence-electron chi connectivity index (χ0n) is 17.6. The molecular formula is C23H27F3N2O2. The first-order valence-electron chi connectivity index (χ1n) is 9.67. The molecular weight excluding hydrogens is 393 g/mol. The number of halogens is 3. The summed E-state index contributed by atoms with van der Waals surface area (Å²) >= 11 is 0. The molecule has 0 unspecified atom stereocenters. The van der Waals surface area contributed by atoms with Crippen molar-refractivity contribution in [3.63, 3.8) is 0 Å². The highest BCUT2D eigenvalue weighted by Crippen LogP contribution is 2.34. The van der Waals surface area contributed by atoms with E-state index in [4.69, 9.17) is 0 Å². The number of nitrogens with one attached hydrogen (secondary N) is 1. The molecule has 0 aliphatic heterocycles. The Kier molecular flexibility index (Phi) is 7.29. The van der Waals surface area contributed by atoms with Crippen molar-refractivity contribution in [2.45, 2.75) is 45.2 Å². The number of carbonyl (C=O) groups excluding carboxylic acids is 2. The number of hydrogen-bond acceptors (Lipinski definition) is 2. The van der Waals surface area contributed by atoms with E-state index in [1.807, 2.05) is 24.3 Å². The predicted molar refractivity (Wildman–Crippen MR) is 111 cm³/mol. The van der Waals surface area contributed by atoms with Gasteiger partial charge in [0.05, 0.1) is 17.8 Å². The van der Waals surface area contributed by atoms with E-state index in [9.17, 15) is 22.8 Å². The second-order valence-electron chi connectivity index (χ2n) is 8.29. The third-order valence-corrected chi connectivity index (χ3v) is 4.76. The second-order valence-corrected chi connectivity index (χ2v) is 8.29. The molecule has 0 saturated carbocycles. The number of hydrogen-bond donors (Lipinski definition) is 1. The van der Waals surface area contributed by atoms with Crippen LogP contribution < -0.4 is 5.32 Å². The van der Waals surface area contributed by atoms with Crippen LogP contribution in [0.4, 0.5) is 18.9 Å². The molecule has 0 spiro atoms. The van der Waals surface area contributed by atoms with E-state index < -0.39 is 17.6 Å². The first-order valence-corrected chi connectivity index (χ1v) is 9.67. The molecule has 30 heavy (non-hydrogen) atoms. The van der Waals surface area contributed by atoms with Crippen LogP contribution in [0.3, 0.4) is 0 Å². The summed E-state index contributed by atoms with van der Waals surface area (Å²) in [5.74, 6) is -0.939. The average molecular weight is 420 g/mol. The Morgan fingerprint density at radius 1 is 0.967 bits per heavy atom. The van der Waals surface area contributed by atoms with Crippen LogP contribution in [-0.2, 0) is 27.6 Å². The molecule has 0 bridgehead atoms. The number of likely N-dealkylation sites (N-methyl/N-ethyl adjacent to an activating group) is 1. The summed E-state index contributed by atoms with van der Waals surface area (Å²) in [4.78, 5) is 25.7. The summed E-state index contributed by atoms with van der Waals surface area (Å²) in [6, 6.07) is 12.8. The summed E-state index contributed by atoms with van der Waals surface area (Å²) < 4.78 is 39.1. The van der Waals surface area contributed by atoms with E-state index >= 15 is 0 Å². The van der Waals surface area contributed by atoms with E-state index in [1.54, 1.807) is 0 Å². The fourth-order valence-electron chi connectivity index (χ4n) is 2.95. The van der Waals surface area contributed by atoms with Gasteiger partial charge in [0.2, 0.25) is 11.8 Å². The van der Waals surface area contributed by atoms with Crippen LogP contribution in [0.25, 0.3) is 0 Å². The highest BCUT2D eigenvalue weighted by atomic mass is 19.4. The smallest absolute Gasteiger partial charge is 0.336 e. The van der Waals surface area contributed by atoms with Gasteiger partial charge in [0.15, 0.2) is 0 Å². The number of aryl methyl sites for hydroxylation is 1. The zero-order valence-corrected chi connectivity index (χ0v) is 17.6. The van der Waals surface area contributed by atoms with Crippen LogP contribution in [0.15, 0.2) is 48.5 Å². The first-order chi connectivity index (χ1) is 13.9. The lowest BCUT2D eigenvalue weighted by Crippen LogP contribution is -2.35. The molecule has 2 amide bonds. The third-order valence-electron chi connectivity index (χ3n) is 4.76. The molecule has 0 heterocycles. The quantitative estimate of drug-likeness (QED) is 0.712. The fourth-order valence-corrected chi connectivity index (χ4v) is 2.95. The van der Waals surface area contributed by atoms with Crippen LogP contribution in [-0.4, -0.2) is 30.3 Å². The summed E-state index contributed by atoms with van der Waals surface area (Å²) in [6.07, 6.45) is -3.85. The molecule has 4 nitrogen and oxygen atoms in total. The topological polar surface area (TPSA) is 49.4 Å². The first kappa shape index (κ1) is 23.4. The van der Waals surface area contributed by atoms with E-state index in [0.717, 1.165) is 11.6 Å². The lowest BCUT2D eigenvalue weighted by Gasteiger charge is -2.20. The molecule has 1 N–H and O–H groups in total. The van der Waals surface area contributed by atoms with Crippen molar-refractivity contribution < 1.29 is 22.8 Å². The number of nitrogens with zero attached hydrogens (tertiary/aromatic N) is 1. The largest absolute Gasteiger partial charge is 0.418 e. The lowest BCUT2D eigenvalue weighted by molar-refractivity contribution is -0.137. The molecule has 2 aromatic carbocycles. The second kappa shape index (κ2) is 9.32. The number of carbonyl (C=O) groups is 2. The van der Waals surface area contributed by atoms with Gasteiger partial charge in [-0.25, -0.2) is 0 Å². The molecule has 2 rings (SSSR count). The standard InChI is InChI=1S/C23H27F3N2O2/c1-22(2,3)17-12-9-16(10-13-17)11-14-21(30)28(4)15-20(29)27-19-8-6-5-7-18(19)23(24,25)26/h5-10,12-13H,11,14-15H2,1-4H3,(H,27,29). The van der Waals surface area contributed by atoms with E-state index in [1.165, 1.54) is 35.7 Å². The third kappa shape index (κ3) is 6.61. The van der Waals surface area contributed by atoms with E-state index in [2.05, 4.69) is 26.1 Å². The molecule has 0 aromatic heterocycles. The van der Waals surface area contributed by atoms with Crippen LogP contribution in [0.2, 0.25) is 0 Å². The van der Waals surface area contributed by atoms with Gasteiger partial charge in [-0.1, -0.05) is 57.2 Å². The molecule has 7 heteroatoms. The summed E-state index contributed by atoms with van der Waals surface area (Å²) in [5, 5.41) is 2.24. The van der Waals surface area contributed by atoms with Gasteiger partial charge < -0.3 is 10.2 Å². The van der Waals surface area contributed by atoms with Crippen molar-refractivity contribution in [2.24, 2.45) is 0 Å². The maximum absolute atomic E-state index is 13.0. The maximum atomic E-state index is 13.0. The fraction of sp³-hybridized carbons (Fsp3) is 0.391. The lowest BCUT2D eigenvalue weighted by atomic mass is 9.86. The highest BCUT2D eigenvalue weighted by Gasteiger charge is 2.33. The van der Waals surface area contributed by atoms with Crippen LogP contribution in [0, 0.1) is 0 Å². The van der Waals surface area contributed by atoms with Gasteiger partial charge in [-0.05, 0) is 35.1 Å². The van der Waals surface area contributed by atoms with Crippen molar-refractivity contribution in [1.29, 1.82) is 0 Å². The Morgan fingerprint density at radius 2 is 1.57 bits per heavy atom. The molecule has 0 atom stereocenters. The zero-order chi connectivity index (χ0) is 22.5. The van der Waals surface area contributed by atoms with E-state index in [-0.39, 0.29) is 30.0 Å². The summed E-state index contributed by atoms with van der Waals surface area (Å²) in [7, 11) is 1.46. The van der Waals surface area contributed by atoms with Gasteiger partial charge in [0.1, 0.15) is 0 Å². The maximum Gasteiger partial charge on any atom is 0.418 e. The van der Waals surface area contributed by atoms with Gasteiger partial charge in [-0.3, -0.25) is 9.59 Å². The molecule has 162 valence electrons. The SMILES string of the molecule is CN(CC(=O)Nc1ccccc1C(F)(F)F)C(=O)CCc1ccc(C(C)(C)C)cc1. The van der Waals surface area contributed by atoms with Gasteiger partial charge in [-0.15, -0.1) is 0 Å². The van der Waals surface area contributed by atoms with E-state index in [0.29, 0.717) is 6.42 Å². The molecule has 0 fully saturated rings. The monoisotopic (exact) mass is 420 g/mol. The normalized spacial score (nSPS) is 11.8. The number of anilines is 1. The minimum atomic E-state index is -4.58. The van der Waals surface area contributed by atoms with Gasteiger partial charge in [-0.2, -0.15) is 13.2 Å². The van der Waals surface area contributed by atoms with Crippen molar-refractivity contribution in [2.75, 3.05) is 18.9 Å². The Bertz CT molecular complexity index is 885. The van der Waals surface area contributed by atoms with Crippen LogP contribution in [0.5, 0.6) is 0 Å². The minimum Gasteiger partial charge on any atom is -0.336 e. The molecule has 0 aliphatic rings. The number of benzene rings is 2. The van der Waals surface area contributed by atoms with Gasteiger partial charge >= 0.3 is 6.18 Å². The Balaban J connectivity index is 1.89. The van der Waals surface area contributed by atoms with Gasteiger partial charge in [0.25, 0.3) is 0 Å². The van der Waals surface area contributed by atoms with Crippen molar-refractivity contribution in [3.8, 4) is 0 Å². The number of rotatable bonds is 6. The molecule has 0 aliphatic carbocycles. The van der Waals surface area contributed by atoms with Crippen molar-refractivity contribution in [3.05, 3.63) is 65.2 Å². The van der Waals surface area contributed by atoms with Crippen molar-refractivity contribution in [1.82, 2.24) is 4.90 Å². The Hall–Kier alpha value is -2.83. The summed E-state index contributed by atoms with van der Waals surface area (Å²) in [6.45, 7) is 6.05. The average Bonchev–Trinajstić information content (AvgIpc) is 2.65. The van der Waals surface area contributed by atoms with Gasteiger partial charge in [0, 0.05) is 13.5 Å². The van der Waals surface area contributed by atoms with Crippen LogP contribution in [0.1, 0.15) is 43.9 Å². The Morgan fingerprint density at radius 3 is 2.13 bits per heavy atom. The molecule has 0 saturated heterocycles. The number of amides is 2. The summed E-state index contributed by atoms with van der Waals surface area (Å²) in [5.41, 5.74) is 1.01. The van der Waals surface area contributed by atoms with Crippen molar-refractivity contribution >= 4 is 17.5 Å². The highest BCUT2D eigenvalue weighted by molar-refractivity contribution is 5.95. The molecule has 2 aromatic rings.